The Morgan fingerprint density at radius 1 is 1.53 bits per heavy atom. The number of anilines is 1. The molecular formula is C13H20N2O3S. The zero-order valence-corrected chi connectivity index (χ0v) is 12.4. The van der Waals surface area contributed by atoms with E-state index in [-0.39, 0.29) is 5.97 Å². The summed E-state index contributed by atoms with van der Waals surface area (Å²) in [5.41, 5.74) is 0.427. The molecule has 5 nitrogen and oxygen atoms in total. The number of aromatic nitrogens is 1. The molecule has 1 N–H and O–H groups in total. The number of esters is 1. The topological polar surface area (TPSA) is 60.5 Å². The van der Waals surface area contributed by atoms with Gasteiger partial charge < -0.3 is 14.8 Å². The van der Waals surface area contributed by atoms with Gasteiger partial charge in [-0.15, -0.1) is 11.3 Å². The third-order valence-corrected chi connectivity index (χ3v) is 4.21. The molecule has 0 aliphatic heterocycles. The second-order valence-corrected chi connectivity index (χ2v) is 5.86. The summed E-state index contributed by atoms with van der Waals surface area (Å²) >= 11 is 1.50. The van der Waals surface area contributed by atoms with Crippen molar-refractivity contribution in [1.82, 2.24) is 4.98 Å². The molecule has 0 radical (unpaired) electrons. The van der Waals surface area contributed by atoms with Crippen LogP contribution in [0.5, 0.6) is 0 Å². The van der Waals surface area contributed by atoms with E-state index >= 15 is 0 Å². The van der Waals surface area contributed by atoms with Crippen molar-refractivity contribution >= 4 is 22.4 Å². The average Bonchev–Trinajstić information content (AvgIpc) is 2.97. The SMILES string of the molecule is CCOC(=O)c1nc(NC2CCC(OC)C2)sc1C. The highest BCUT2D eigenvalue weighted by Gasteiger charge is 2.25. The molecule has 1 heterocycles. The van der Waals surface area contributed by atoms with E-state index < -0.39 is 0 Å². The molecule has 1 aromatic rings. The van der Waals surface area contributed by atoms with Crippen LogP contribution < -0.4 is 5.32 Å². The first-order chi connectivity index (χ1) is 9.13. The molecular weight excluding hydrogens is 264 g/mol. The summed E-state index contributed by atoms with van der Waals surface area (Å²) in [6.45, 7) is 4.06. The zero-order valence-electron chi connectivity index (χ0n) is 11.6. The molecule has 0 bridgehead atoms. The second kappa shape index (κ2) is 6.34. The highest BCUT2D eigenvalue weighted by atomic mass is 32.1. The van der Waals surface area contributed by atoms with E-state index in [1.165, 1.54) is 11.3 Å². The van der Waals surface area contributed by atoms with Crippen molar-refractivity contribution in [3.63, 3.8) is 0 Å². The Hall–Kier alpha value is -1.14. The number of carbonyl (C=O) groups is 1. The Balaban J connectivity index is 1.98. The van der Waals surface area contributed by atoms with Crippen LogP contribution in [0.4, 0.5) is 5.13 Å². The van der Waals surface area contributed by atoms with Gasteiger partial charge in [-0.3, -0.25) is 0 Å². The zero-order chi connectivity index (χ0) is 13.8. The van der Waals surface area contributed by atoms with Gasteiger partial charge in [-0.25, -0.2) is 9.78 Å². The first-order valence-corrected chi connectivity index (χ1v) is 7.39. The normalized spacial score (nSPS) is 22.5. The number of carbonyl (C=O) groups excluding carboxylic acids is 1. The van der Waals surface area contributed by atoms with E-state index in [2.05, 4.69) is 10.3 Å². The van der Waals surface area contributed by atoms with Gasteiger partial charge >= 0.3 is 5.97 Å². The van der Waals surface area contributed by atoms with Crippen molar-refractivity contribution in [2.45, 2.75) is 45.3 Å². The summed E-state index contributed by atoms with van der Waals surface area (Å²) in [6, 6.07) is 0.380. The molecule has 19 heavy (non-hydrogen) atoms. The smallest absolute Gasteiger partial charge is 0.358 e. The van der Waals surface area contributed by atoms with Crippen molar-refractivity contribution < 1.29 is 14.3 Å². The van der Waals surface area contributed by atoms with Gasteiger partial charge in [0.05, 0.1) is 12.7 Å². The first kappa shape index (κ1) is 14.3. The predicted molar refractivity (Wildman–Crippen MR) is 74.9 cm³/mol. The summed E-state index contributed by atoms with van der Waals surface area (Å²) < 4.78 is 10.3. The Morgan fingerprint density at radius 3 is 2.95 bits per heavy atom. The Labute approximate surface area is 117 Å². The number of hydrogen-bond donors (Lipinski definition) is 1. The van der Waals surface area contributed by atoms with Gasteiger partial charge in [0, 0.05) is 18.0 Å². The highest BCUT2D eigenvalue weighted by Crippen LogP contribution is 2.28. The Kier molecular flexibility index (Phi) is 4.76. The molecule has 0 aromatic carbocycles. The van der Waals surface area contributed by atoms with E-state index in [1.807, 2.05) is 6.92 Å². The maximum atomic E-state index is 11.7. The summed E-state index contributed by atoms with van der Waals surface area (Å²) in [4.78, 5) is 16.9. The molecule has 1 aliphatic carbocycles. The molecule has 0 amide bonds. The van der Waals surface area contributed by atoms with Gasteiger partial charge in [-0.2, -0.15) is 0 Å². The lowest BCUT2D eigenvalue weighted by molar-refractivity contribution is 0.0519. The molecule has 2 rings (SSSR count). The molecule has 1 fully saturated rings. The minimum Gasteiger partial charge on any atom is -0.461 e. The van der Waals surface area contributed by atoms with Gasteiger partial charge in [-0.1, -0.05) is 0 Å². The predicted octanol–water partition coefficient (Wildman–Crippen LogP) is 2.61. The fourth-order valence-electron chi connectivity index (χ4n) is 2.31. The summed E-state index contributed by atoms with van der Waals surface area (Å²) in [7, 11) is 1.75. The van der Waals surface area contributed by atoms with Crippen molar-refractivity contribution in [2.75, 3.05) is 19.0 Å². The van der Waals surface area contributed by atoms with Crippen LogP contribution in [0.2, 0.25) is 0 Å². The third-order valence-electron chi connectivity index (χ3n) is 3.31. The summed E-state index contributed by atoms with van der Waals surface area (Å²) in [5.74, 6) is -0.342. The van der Waals surface area contributed by atoms with Gasteiger partial charge in [0.2, 0.25) is 0 Å². The molecule has 6 heteroatoms. The van der Waals surface area contributed by atoms with Crippen LogP contribution >= 0.6 is 11.3 Å². The number of ether oxygens (including phenoxy) is 2. The lowest BCUT2D eigenvalue weighted by Gasteiger charge is -2.11. The lowest BCUT2D eigenvalue weighted by Crippen LogP contribution is -2.17. The van der Waals surface area contributed by atoms with E-state index in [1.54, 1.807) is 14.0 Å². The number of rotatable bonds is 5. The fraction of sp³-hybridized carbons (Fsp3) is 0.692. The van der Waals surface area contributed by atoms with Crippen LogP contribution in [0.3, 0.4) is 0 Å². The fourth-order valence-corrected chi connectivity index (χ4v) is 3.19. The average molecular weight is 284 g/mol. The number of methoxy groups -OCH3 is 1. The van der Waals surface area contributed by atoms with Gasteiger partial charge in [0.25, 0.3) is 0 Å². The largest absolute Gasteiger partial charge is 0.461 e. The summed E-state index contributed by atoms with van der Waals surface area (Å²) in [5, 5.41) is 4.18. The standard InChI is InChI=1S/C13H20N2O3S/c1-4-18-12(16)11-8(2)19-13(15-11)14-9-5-6-10(7-9)17-3/h9-10H,4-7H2,1-3H3,(H,14,15). The summed E-state index contributed by atoms with van der Waals surface area (Å²) in [6.07, 6.45) is 3.47. The van der Waals surface area contributed by atoms with Crippen LogP contribution in [0, 0.1) is 6.92 Å². The minimum absolute atomic E-state index is 0.336. The van der Waals surface area contributed by atoms with Crippen molar-refractivity contribution in [2.24, 2.45) is 0 Å². The minimum atomic E-state index is -0.342. The third kappa shape index (κ3) is 3.45. The van der Waals surface area contributed by atoms with E-state index in [0.717, 1.165) is 29.3 Å². The van der Waals surface area contributed by atoms with E-state index in [0.29, 0.717) is 24.4 Å². The first-order valence-electron chi connectivity index (χ1n) is 6.58. The molecule has 0 saturated heterocycles. The van der Waals surface area contributed by atoms with Crippen LogP contribution in [0.1, 0.15) is 41.6 Å². The van der Waals surface area contributed by atoms with Crippen LogP contribution in [-0.2, 0) is 9.47 Å². The maximum absolute atomic E-state index is 11.7. The van der Waals surface area contributed by atoms with Crippen molar-refractivity contribution in [3.8, 4) is 0 Å². The lowest BCUT2D eigenvalue weighted by atomic mass is 10.2. The quantitative estimate of drug-likeness (QED) is 0.842. The monoisotopic (exact) mass is 284 g/mol. The van der Waals surface area contributed by atoms with Crippen LogP contribution in [0.25, 0.3) is 0 Å². The number of nitrogens with one attached hydrogen (secondary N) is 1. The number of aryl methyl sites for hydroxylation is 1. The van der Waals surface area contributed by atoms with Gasteiger partial charge in [-0.05, 0) is 33.1 Å². The van der Waals surface area contributed by atoms with Gasteiger partial charge in [0.1, 0.15) is 0 Å². The maximum Gasteiger partial charge on any atom is 0.358 e. The molecule has 2 unspecified atom stereocenters. The molecule has 0 spiro atoms. The van der Waals surface area contributed by atoms with Crippen molar-refractivity contribution in [3.05, 3.63) is 10.6 Å². The molecule has 1 aliphatic rings. The Bertz CT molecular complexity index is 447. The highest BCUT2D eigenvalue weighted by molar-refractivity contribution is 7.15. The number of nitrogens with zero attached hydrogens (tertiary/aromatic N) is 1. The Morgan fingerprint density at radius 2 is 2.32 bits per heavy atom. The second-order valence-electron chi connectivity index (χ2n) is 4.66. The van der Waals surface area contributed by atoms with Gasteiger partial charge in [0.15, 0.2) is 10.8 Å². The molecule has 1 saturated carbocycles. The molecule has 2 atom stereocenters. The van der Waals surface area contributed by atoms with E-state index in [9.17, 15) is 4.79 Å². The number of thiazole rings is 1. The van der Waals surface area contributed by atoms with Crippen LogP contribution in [0.15, 0.2) is 0 Å². The molecule has 106 valence electrons. The number of hydrogen-bond acceptors (Lipinski definition) is 6. The van der Waals surface area contributed by atoms with E-state index in [4.69, 9.17) is 9.47 Å². The molecule has 1 aromatic heterocycles. The van der Waals surface area contributed by atoms with Crippen molar-refractivity contribution in [1.29, 1.82) is 0 Å². The van der Waals surface area contributed by atoms with Crippen LogP contribution in [-0.4, -0.2) is 36.8 Å².